The predicted octanol–water partition coefficient (Wildman–Crippen LogP) is 0.550. The Morgan fingerprint density at radius 2 is 1.76 bits per heavy atom. The summed E-state index contributed by atoms with van der Waals surface area (Å²) in [6, 6.07) is -0.836. The molecule has 1 fully saturated rings. The number of carbonyl (C=O) groups excluding carboxylic acids is 2. The number of nitrogens with one attached hydrogen (secondary N) is 2. The Bertz CT molecular complexity index is 446. The van der Waals surface area contributed by atoms with E-state index in [2.05, 4.69) is 10.6 Å². The number of hydrogen-bond acceptors (Lipinski definition) is 5. The quantitative estimate of drug-likeness (QED) is 0.492. The molecule has 0 spiro atoms. The number of carboxylic acids is 1. The fourth-order valence-electron chi connectivity index (χ4n) is 2.86. The molecular weight excluding hydrogens is 328 g/mol. The van der Waals surface area contributed by atoms with Gasteiger partial charge in [-0.15, -0.1) is 0 Å². The number of amides is 2. The highest BCUT2D eigenvalue weighted by atomic mass is 16.5. The second-order valence-electron chi connectivity index (χ2n) is 6.73. The second-order valence-corrected chi connectivity index (χ2v) is 6.73. The summed E-state index contributed by atoms with van der Waals surface area (Å²) < 4.78 is 10.0. The van der Waals surface area contributed by atoms with Crippen LogP contribution in [0.1, 0.15) is 39.5 Å². The van der Waals surface area contributed by atoms with Gasteiger partial charge in [-0.05, 0) is 31.6 Å². The van der Waals surface area contributed by atoms with E-state index in [1.165, 1.54) is 0 Å². The predicted molar refractivity (Wildman–Crippen MR) is 91.0 cm³/mol. The zero-order valence-corrected chi connectivity index (χ0v) is 15.2. The Morgan fingerprint density at radius 1 is 1.12 bits per heavy atom. The van der Waals surface area contributed by atoms with Gasteiger partial charge in [0.1, 0.15) is 12.6 Å². The molecule has 0 aromatic carbocycles. The van der Waals surface area contributed by atoms with Crippen molar-refractivity contribution in [2.75, 3.05) is 26.9 Å². The lowest BCUT2D eigenvalue weighted by Crippen LogP contribution is -2.48. The minimum absolute atomic E-state index is 0.00153. The molecule has 8 nitrogen and oxygen atoms in total. The first kappa shape index (κ1) is 21.4. The van der Waals surface area contributed by atoms with Crippen molar-refractivity contribution in [3.05, 3.63) is 0 Å². The molecule has 25 heavy (non-hydrogen) atoms. The molecule has 1 aliphatic rings. The van der Waals surface area contributed by atoms with Crippen LogP contribution in [-0.2, 0) is 23.9 Å². The van der Waals surface area contributed by atoms with Crippen molar-refractivity contribution >= 4 is 17.8 Å². The molecule has 8 heteroatoms. The van der Waals surface area contributed by atoms with Gasteiger partial charge < -0.3 is 25.2 Å². The van der Waals surface area contributed by atoms with Crippen LogP contribution in [0.5, 0.6) is 0 Å². The molecule has 2 amide bonds. The van der Waals surface area contributed by atoms with Gasteiger partial charge in [-0.1, -0.05) is 13.8 Å². The minimum Gasteiger partial charge on any atom is -0.480 e. The van der Waals surface area contributed by atoms with Gasteiger partial charge in [0.25, 0.3) is 0 Å². The monoisotopic (exact) mass is 358 g/mol. The summed E-state index contributed by atoms with van der Waals surface area (Å²) >= 11 is 0. The zero-order chi connectivity index (χ0) is 18.8. The molecule has 3 N–H and O–H groups in total. The Morgan fingerprint density at radius 3 is 2.28 bits per heavy atom. The van der Waals surface area contributed by atoms with E-state index in [1.54, 1.807) is 21.0 Å². The van der Waals surface area contributed by atoms with E-state index in [1.807, 2.05) is 0 Å². The van der Waals surface area contributed by atoms with E-state index in [0.29, 0.717) is 38.9 Å². The van der Waals surface area contributed by atoms with E-state index >= 15 is 0 Å². The van der Waals surface area contributed by atoms with E-state index in [-0.39, 0.29) is 36.3 Å². The molecule has 1 rings (SSSR count). The zero-order valence-electron chi connectivity index (χ0n) is 15.2. The first-order valence-electron chi connectivity index (χ1n) is 8.74. The average molecular weight is 358 g/mol. The summed E-state index contributed by atoms with van der Waals surface area (Å²) in [4.78, 5) is 35.2. The number of carboxylic acid groups (broad SMARTS) is 1. The third-order valence-corrected chi connectivity index (χ3v) is 4.36. The van der Waals surface area contributed by atoms with Crippen LogP contribution >= 0.6 is 0 Å². The summed E-state index contributed by atoms with van der Waals surface area (Å²) in [5, 5.41) is 14.7. The average Bonchev–Trinajstić information content (AvgIpc) is 2.56. The van der Waals surface area contributed by atoms with Gasteiger partial charge in [-0.2, -0.15) is 0 Å². The van der Waals surface area contributed by atoms with Crippen molar-refractivity contribution in [2.24, 2.45) is 11.8 Å². The number of methoxy groups -OCH3 is 1. The van der Waals surface area contributed by atoms with Crippen LogP contribution in [0.2, 0.25) is 0 Å². The van der Waals surface area contributed by atoms with Gasteiger partial charge in [-0.3, -0.25) is 9.59 Å². The summed E-state index contributed by atoms with van der Waals surface area (Å²) in [7, 11) is 1.57. The molecule has 0 bridgehead atoms. The number of rotatable bonds is 10. The van der Waals surface area contributed by atoms with Crippen LogP contribution in [0.3, 0.4) is 0 Å². The Balaban J connectivity index is 2.31. The van der Waals surface area contributed by atoms with Gasteiger partial charge >= 0.3 is 5.97 Å². The number of hydrogen-bond donors (Lipinski definition) is 3. The van der Waals surface area contributed by atoms with Gasteiger partial charge in [-0.25, -0.2) is 4.79 Å². The molecule has 144 valence electrons. The standard InChI is InChI=1S/C17H30N2O6/c1-11(2)15(17(22)23)19-16(21)12-4-6-13(7-5-12)18-14(20)10-25-9-8-24-3/h11-13,15H,4-10H2,1-3H3,(H,18,20)(H,19,21)(H,22,23)/t12?,13?,15-/m1/s1. The molecular formula is C17H30N2O6. The molecule has 0 heterocycles. The number of aliphatic carboxylic acids is 1. The van der Waals surface area contributed by atoms with Gasteiger partial charge in [0.15, 0.2) is 0 Å². The smallest absolute Gasteiger partial charge is 0.326 e. The number of ether oxygens (including phenoxy) is 2. The fraction of sp³-hybridized carbons (Fsp3) is 0.824. The van der Waals surface area contributed by atoms with Crippen molar-refractivity contribution in [2.45, 2.75) is 51.6 Å². The molecule has 1 saturated carbocycles. The maximum atomic E-state index is 12.3. The first-order valence-corrected chi connectivity index (χ1v) is 8.74. The van der Waals surface area contributed by atoms with Crippen LogP contribution in [0, 0.1) is 11.8 Å². The lowest BCUT2D eigenvalue weighted by Gasteiger charge is -2.29. The maximum absolute atomic E-state index is 12.3. The maximum Gasteiger partial charge on any atom is 0.326 e. The lowest BCUT2D eigenvalue weighted by atomic mass is 9.85. The minimum atomic E-state index is -1.02. The molecule has 1 aliphatic carbocycles. The third kappa shape index (κ3) is 7.83. The summed E-state index contributed by atoms with van der Waals surface area (Å²) in [6.07, 6.45) is 2.65. The van der Waals surface area contributed by atoms with Crippen molar-refractivity contribution in [3.63, 3.8) is 0 Å². The second kappa shape index (κ2) is 11.0. The summed E-state index contributed by atoms with van der Waals surface area (Å²) in [5.41, 5.74) is 0. The van der Waals surface area contributed by atoms with Crippen LogP contribution < -0.4 is 10.6 Å². The van der Waals surface area contributed by atoms with Crippen molar-refractivity contribution in [3.8, 4) is 0 Å². The molecule has 0 aromatic heterocycles. The van der Waals surface area contributed by atoms with Crippen LogP contribution in [0.4, 0.5) is 0 Å². The Kier molecular flexibility index (Phi) is 9.44. The van der Waals surface area contributed by atoms with Crippen LogP contribution in [0.15, 0.2) is 0 Å². The van der Waals surface area contributed by atoms with Crippen LogP contribution in [0.25, 0.3) is 0 Å². The highest BCUT2D eigenvalue weighted by Crippen LogP contribution is 2.24. The van der Waals surface area contributed by atoms with E-state index in [0.717, 1.165) is 0 Å². The summed E-state index contributed by atoms with van der Waals surface area (Å²) in [5.74, 6) is -1.77. The van der Waals surface area contributed by atoms with Crippen molar-refractivity contribution in [1.82, 2.24) is 10.6 Å². The largest absolute Gasteiger partial charge is 0.480 e. The van der Waals surface area contributed by atoms with E-state index < -0.39 is 12.0 Å². The van der Waals surface area contributed by atoms with E-state index in [9.17, 15) is 14.4 Å². The van der Waals surface area contributed by atoms with Gasteiger partial charge in [0.2, 0.25) is 11.8 Å². The molecule has 0 aromatic rings. The van der Waals surface area contributed by atoms with Gasteiger partial charge in [0.05, 0.1) is 13.2 Å². The molecule has 1 atom stereocenters. The Labute approximate surface area is 148 Å². The number of carbonyl (C=O) groups is 3. The topological polar surface area (TPSA) is 114 Å². The first-order chi connectivity index (χ1) is 11.8. The molecule has 0 aliphatic heterocycles. The highest BCUT2D eigenvalue weighted by Gasteiger charge is 2.30. The highest BCUT2D eigenvalue weighted by molar-refractivity contribution is 5.85. The van der Waals surface area contributed by atoms with Crippen molar-refractivity contribution < 1.29 is 29.0 Å². The lowest BCUT2D eigenvalue weighted by molar-refractivity contribution is -0.144. The third-order valence-electron chi connectivity index (χ3n) is 4.36. The SMILES string of the molecule is COCCOCC(=O)NC1CCC(C(=O)N[C@@H](C(=O)O)C(C)C)CC1. The molecule has 0 unspecified atom stereocenters. The van der Waals surface area contributed by atoms with Gasteiger partial charge in [0, 0.05) is 19.1 Å². The van der Waals surface area contributed by atoms with Crippen molar-refractivity contribution in [1.29, 1.82) is 0 Å². The van der Waals surface area contributed by atoms with E-state index in [4.69, 9.17) is 14.6 Å². The van der Waals surface area contributed by atoms with Crippen LogP contribution in [-0.4, -0.2) is 61.9 Å². The molecule has 0 saturated heterocycles. The fourth-order valence-corrected chi connectivity index (χ4v) is 2.86. The molecule has 0 radical (unpaired) electrons. The Hall–Kier alpha value is -1.67. The summed E-state index contributed by atoms with van der Waals surface area (Å²) in [6.45, 7) is 4.34. The normalized spacial score (nSPS) is 21.6.